The molecule has 1 aliphatic carbocycles. The Hall–Kier alpha value is -1.09. The minimum atomic E-state index is 0.549. The summed E-state index contributed by atoms with van der Waals surface area (Å²) >= 11 is 0. The molecule has 1 aromatic heterocycles. The Labute approximate surface area is 129 Å². The summed E-state index contributed by atoms with van der Waals surface area (Å²) in [6.45, 7) is 8.02. The minimum Gasteiger partial charge on any atom is -0.357 e. The maximum Gasteiger partial charge on any atom is 0.128 e. The predicted octanol–water partition coefficient (Wildman–Crippen LogP) is 3.74. The molecule has 1 aromatic rings. The number of hydrogen-bond donors (Lipinski definition) is 1. The van der Waals surface area contributed by atoms with E-state index in [0.717, 1.165) is 6.54 Å². The molecule has 2 fully saturated rings. The van der Waals surface area contributed by atoms with E-state index in [9.17, 15) is 0 Å². The standard InChI is InChI=1S/C18H29N3/c1-18(2)12-16(13-18)20-14-15-7-8-19-17(11-15)21-9-5-3-4-6-10-21/h7-8,11,16,20H,3-6,9-10,12-14H2,1-2H3. The maximum atomic E-state index is 4.59. The number of nitrogens with zero attached hydrogens (tertiary/aromatic N) is 2. The smallest absolute Gasteiger partial charge is 0.128 e. The van der Waals surface area contributed by atoms with Crippen molar-refractivity contribution < 1.29 is 0 Å². The zero-order valence-electron chi connectivity index (χ0n) is 13.6. The summed E-state index contributed by atoms with van der Waals surface area (Å²) in [4.78, 5) is 7.05. The van der Waals surface area contributed by atoms with Crippen molar-refractivity contribution in [3.8, 4) is 0 Å². The molecule has 116 valence electrons. The van der Waals surface area contributed by atoms with E-state index in [1.54, 1.807) is 0 Å². The number of pyridine rings is 1. The van der Waals surface area contributed by atoms with E-state index in [0.29, 0.717) is 11.5 Å². The number of nitrogens with one attached hydrogen (secondary N) is 1. The van der Waals surface area contributed by atoms with Crippen LogP contribution in [0.1, 0.15) is 57.9 Å². The van der Waals surface area contributed by atoms with Crippen LogP contribution in [0.5, 0.6) is 0 Å². The molecule has 0 radical (unpaired) electrons. The molecule has 2 aliphatic rings. The van der Waals surface area contributed by atoms with Crippen LogP contribution < -0.4 is 10.2 Å². The Morgan fingerprint density at radius 3 is 2.57 bits per heavy atom. The molecule has 0 unspecified atom stereocenters. The molecule has 0 bridgehead atoms. The summed E-state index contributed by atoms with van der Waals surface area (Å²) < 4.78 is 0. The van der Waals surface area contributed by atoms with Gasteiger partial charge in [-0.3, -0.25) is 0 Å². The van der Waals surface area contributed by atoms with E-state index in [1.807, 2.05) is 6.20 Å². The lowest BCUT2D eigenvalue weighted by atomic mass is 9.68. The van der Waals surface area contributed by atoms with Gasteiger partial charge < -0.3 is 10.2 Å². The second-order valence-electron chi connectivity index (χ2n) is 7.57. The van der Waals surface area contributed by atoms with Gasteiger partial charge in [0.2, 0.25) is 0 Å². The fourth-order valence-electron chi connectivity index (χ4n) is 3.72. The van der Waals surface area contributed by atoms with E-state index >= 15 is 0 Å². The van der Waals surface area contributed by atoms with Gasteiger partial charge in [-0.1, -0.05) is 26.7 Å². The van der Waals surface area contributed by atoms with Gasteiger partial charge in [0, 0.05) is 31.9 Å². The first-order valence-corrected chi connectivity index (χ1v) is 8.56. The van der Waals surface area contributed by atoms with Crippen LogP contribution in [0.4, 0.5) is 5.82 Å². The molecule has 1 saturated heterocycles. The van der Waals surface area contributed by atoms with E-state index < -0.39 is 0 Å². The van der Waals surface area contributed by atoms with Gasteiger partial charge in [-0.15, -0.1) is 0 Å². The fraction of sp³-hybridized carbons (Fsp3) is 0.722. The van der Waals surface area contributed by atoms with Crippen LogP contribution in [-0.2, 0) is 6.54 Å². The van der Waals surface area contributed by atoms with Gasteiger partial charge in [-0.05, 0) is 48.8 Å². The Morgan fingerprint density at radius 1 is 1.19 bits per heavy atom. The van der Waals surface area contributed by atoms with Crippen molar-refractivity contribution >= 4 is 5.82 Å². The zero-order valence-corrected chi connectivity index (χ0v) is 13.6. The normalized spacial score (nSPS) is 22.7. The van der Waals surface area contributed by atoms with Gasteiger partial charge in [0.15, 0.2) is 0 Å². The molecule has 3 nitrogen and oxygen atoms in total. The highest BCUT2D eigenvalue weighted by Crippen LogP contribution is 2.39. The minimum absolute atomic E-state index is 0.549. The van der Waals surface area contributed by atoms with Crippen LogP contribution in [0.15, 0.2) is 18.3 Å². The molecule has 1 aliphatic heterocycles. The summed E-state index contributed by atoms with van der Waals surface area (Å²) in [5, 5.41) is 3.69. The highest BCUT2D eigenvalue weighted by Gasteiger charge is 2.35. The van der Waals surface area contributed by atoms with Crippen molar-refractivity contribution in [2.75, 3.05) is 18.0 Å². The van der Waals surface area contributed by atoms with Crippen LogP contribution in [-0.4, -0.2) is 24.1 Å². The topological polar surface area (TPSA) is 28.2 Å². The molecule has 0 spiro atoms. The second-order valence-corrected chi connectivity index (χ2v) is 7.57. The number of aromatic nitrogens is 1. The maximum absolute atomic E-state index is 4.59. The van der Waals surface area contributed by atoms with E-state index in [4.69, 9.17) is 0 Å². The van der Waals surface area contributed by atoms with E-state index in [2.05, 4.69) is 41.2 Å². The largest absolute Gasteiger partial charge is 0.357 e. The third-order valence-corrected chi connectivity index (χ3v) is 4.93. The molecule has 1 saturated carbocycles. The van der Waals surface area contributed by atoms with Crippen molar-refractivity contribution in [2.24, 2.45) is 5.41 Å². The summed E-state index contributed by atoms with van der Waals surface area (Å²) in [6, 6.07) is 5.13. The second kappa shape index (κ2) is 6.35. The highest BCUT2D eigenvalue weighted by molar-refractivity contribution is 5.41. The monoisotopic (exact) mass is 287 g/mol. The molecule has 2 heterocycles. The fourth-order valence-corrected chi connectivity index (χ4v) is 3.72. The van der Waals surface area contributed by atoms with Crippen LogP contribution in [0, 0.1) is 5.41 Å². The van der Waals surface area contributed by atoms with Gasteiger partial charge in [-0.2, -0.15) is 0 Å². The molecule has 0 atom stereocenters. The summed E-state index contributed by atoms with van der Waals surface area (Å²) in [7, 11) is 0. The number of rotatable bonds is 4. The van der Waals surface area contributed by atoms with E-state index in [-0.39, 0.29) is 0 Å². The molecule has 1 N–H and O–H groups in total. The van der Waals surface area contributed by atoms with Gasteiger partial charge in [0.25, 0.3) is 0 Å². The summed E-state index contributed by atoms with van der Waals surface area (Å²) in [6.07, 6.45) is 9.93. The zero-order chi connectivity index (χ0) is 14.7. The molecule has 21 heavy (non-hydrogen) atoms. The highest BCUT2D eigenvalue weighted by atomic mass is 15.2. The third-order valence-electron chi connectivity index (χ3n) is 4.93. The summed E-state index contributed by atoms with van der Waals surface area (Å²) in [5.74, 6) is 1.17. The average Bonchev–Trinajstić information content (AvgIpc) is 2.72. The molecule has 3 rings (SSSR count). The van der Waals surface area contributed by atoms with Gasteiger partial charge in [-0.25, -0.2) is 4.98 Å². The molecular formula is C18H29N3. The van der Waals surface area contributed by atoms with Crippen LogP contribution in [0.2, 0.25) is 0 Å². The lowest BCUT2D eigenvalue weighted by Crippen LogP contribution is -2.45. The Morgan fingerprint density at radius 2 is 1.90 bits per heavy atom. The van der Waals surface area contributed by atoms with Gasteiger partial charge >= 0.3 is 0 Å². The lowest BCUT2D eigenvalue weighted by Gasteiger charge is -2.43. The third kappa shape index (κ3) is 3.97. The molecule has 0 amide bonds. The van der Waals surface area contributed by atoms with Crippen LogP contribution in [0.3, 0.4) is 0 Å². The van der Waals surface area contributed by atoms with Crippen molar-refractivity contribution in [3.05, 3.63) is 23.9 Å². The quantitative estimate of drug-likeness (QED) is 0.914. The van der Waals surface area contributed by atoms with E-state index in [1.165, 1.54) is 63.0 Å². The summed E-state index contributed by atoms with van der Waals surface area (Å²) in [5.41, 5.74) is 1.92. The first kappa shape index (κ1) is 14.8. The Bertz CT molecular complexity index is 453. The van der Waals surface area contributed by atoms with Gasteiger partial charge in [0.1, 0.15) is 5.82 Å². The van der Waals surface area contributed by atoms with Crippen molar-refractivity contribution in [1.82, 2.24) is 10.3 Å². The number of anilines is 1. The lowest BCUT2D eigenvalue weighted by molar-refractivity contribution is 0.125. The number of hydrogen-bond acceptors (Lipinski definition) is 3. The van der Waals surface area contributed by atoms with Crippen molar-refractivity contribution in [1.29, 1.82) is 0 Å². The van der Waals surface area contributed by atoms with Crippen molar-refractivity contribution in [3.63, 3.8) is 0 Å². The molecule has 3 heteroatoms. The van der Waals surface area contributed by atoms with Crippen LogP contribution >= 0.6 is 0 Å². The first-order valence-electron chi connectivity index (χ1n) is 8.56. The Balaban J connectivity index is 1.55. The SMILES string of the molecule is CC1(C)CC(NCc2ccnc(N3CCCCCC3)c2)C1. The molecule has 0 aromatic carbocycles. The van der Waals surface area contributed by atoms with Crippen molar-refractivity contribution in [2.45, 2.75) is 65.0 Å². The molecular weight excluding hydrogens is 258 g/mol. The van der Waals surface area contributed by atoms with Crippen LogP contribution in [0.25, 0.3) is 0 Å². The Kier molecular flexibility index (Phi) is 4.48. The predicted molar refractivity (Wildman–Crippen MR) is 88.6 cm³/mol. The van der Waals surface area contributed by atoms with Gasteiger partial charge in [0.05, 0.1) is 0 Å². The first-order chi connectivity index (χ1) is 10.1. The average molecular weight is 287 g/mol.